The van der Waals surface area contributed by atoms with Crippen LogP contribution < -0.4 is 9.80 Å². The second-order valence-electron chi connectivity index (χ2n) is 6.01. The Balaban J connectivity index is 1.83. The standard InChI is InChI=1S/C16H16N2O6/c19-13-4-9(15(21)22)7-17(13)11-2-1-3-12(6-11)18-8-10(16(23)24)5-14(18)20/h1-3,6,9-10H,4-5,7-8H2,(H,21,22)(H,23,24)/t9-,10-/m0/s1. The van der Waals surface area contributed by atoms with Gasteiger partial charge in [-0.05, 0) is 18.2 Å². The molecule has 0 spiro atoms. The number of carboxylic acid groups (broad SMARTS) is 2. The fraction of sp³-hybridized carbons (Fsp3) is 0.375. The SMILES string of the molecule is O=C(O)[C@H]1CC(=O)N(c2cccc(N3C[C@@H](C(=O)O)CC3=O)c2)C1. The molecule has 2 amide bonds. The molecule has 24 heavy (non-hydrogen) atoms. The highest BCUT2D eigenvalue weighted by atomic mass is 16.4. The fourth-order valence-corrected chi connectivity index (χ4v) is 3.07. The van der Waals surface area contributed by atoms with Gasteiger partial charge in [0.1, 0.15) is 0 Å². The van der Waals surface area contributed by atoms with Crippen molar-refractivity contribution >= 4 is 35.1 Å². The molecular formula is C16H16N2O6. The number of carbonyl (C=O) groups excluding carboxylic acids is 2. The van der Waals surface area contributed by atoms with E-state index < -0.39 is 23.8 Å². The van der Waals surface area contributed by atoms with Crippen molar-refractivity contribution in [3.8, 4) is 0 Å². The van der Waals surface area contributed by atoms with Gasteiger partial charge in [0.2, 0.25) is 11.8 Å². The highest BCUT2D eigenvalue weighted by Gasteiger charge is 2.37. The smallest absolute Gasteiger partial charge is 0.308 e. The fourth-order valence-electron chi connectivity index (χ4n) is 3.07. The van der Waals surface area contributed by atoms with Crippen molar-refractivity contribution < 1.29 is 29.4 Å². The first-order chi connectivity index (χ1) is 11.4. The second kappa shape index (κ2) is 5.95. The topological polar surface area (TPSA) is 115 Å². The maximum absolute atomic E-state index is 12.0. The zero-order chi connectivity index (χ0) is 17.4. The van der Waals surface area contributed by atoms with Crippen molar-refractivity contribution in [1.82, 2.24) is 0 Å². The summed E-state index contributed by atoms with van der Waals surface area (Å²) in [6, 6.07) is 6.61. The lowest BCUT2D eigenvalue weighted by atomic mass is 10.1. The summed E-state index contributed by atoms with van der Waals surface area (Å²) in [6.45, 7) is 0.173. The zero-order valence-corrected chi connectivity index (χ0v) is 12.7. The van der Waals surface area contributed by atoms with Crippen LogP contribution in [-0.4, -0.2) is 47.1 Å². The van der Waals surface area contributed by atoms with Crippen LogP contribution in [0.1, 0.15) is 12.8 Å². The summed E-state index contributed by atoms with van der Waals surface area (Å²) in [6.07, 6.45) is -0.105. The Hall–Kier alpha value is -2.90. The van der Waals surface area contributed by atoms with Crippen LogP contribution in [0.15, 0.2) is 24.3 Å². The third kappa shape index (κ3) is 2.82. The summed E-state index contributed by atoms with van der Waals surface area (Å²) in [7, 11) is 0. The number of rotatable bonds is 4. The van der Waals surface area contributed by atoms with Crippen LogP contribution in [0.25, 0.3) is 0 Å². The first-order valence-corrected chi connectivity index (χ1v) is 7.53. The molecule has 1 aromatic carbocycles. The van der Waals surface area contributed by atoms with Crippen molar-refractivity contribution in [2.45, 2.75) is 12.8 Å². The molecule has 126 valence electrons. The van der Waals surface area contributed by atoms with Crippen molar-refractivity contribution in [3.05, 3.63) is 24.3 Å². The molecule has 1 aromatic rings. The lowest BCUT2D eigenvalue weighted by Gasteiger charge is -2.21. The molecule has 0 saturated carbocycles. The molecule has 0 bridgehead atoms. The number of benzene rings is 1. The van der Waals surface area contributed by atoms with E-state index in [0.29, 0.717) is 11.4 Å². The minimum Gasteiger partial charge on any atom is -0.481 e. The highest BCUT2D eigenvalue weighted by Crippen LogP contribution is 2.31. The highest BCUT2D eigenvalue weighted by molar-refractivity contribution is 6.02. The number of aliphatic carboxylic acids is 2. The molecule has 8 heteroatoms. The molecule has 2 aliphatic heterocycles. The Labute approximate surface area is 137 Å². The van der Waals surface area contributed by atoms with E-state index in [0.717, 1.165) is 0 Å². The molecule has 0 unspecified atom stereocenters. The minimum absolute atomic E-state index is 0.0523. The molecule has 2 aliphatic rings. The van der Waals surface area contributed by atoms with Gasteiger partial charge in [-0.15, -0.1) is 0 Å². The van der Waals surface area contributed by atoms with E-state index in [1.54, 1.807) is 24.3 Å². The van der Waals surface area contributed by atoms with Gasteiger partial charge >= 0.3 is 11.9 Å². The summed E-state index contributed by atoms with van der Waals surface area (Å²) in [5, 5.41) is 18.1. The van der Waals surface area contributed by atoms with Crippen molar-refractivity contribution in [2.24, 2.45) is 11.8 Å². The average Bonchev–Trinajstić information content (AvgIpc) is 3.11. The van der Waals surface area contributed by atoms with Gasteiger partial charge in [0.15, 0.2) is 0 Å². The van der Waals surface area contributed by atoms with Gasteiger partial charge in [-0.2, -0.15) is 0 Å². The van der Waals surface area contributed by atoms with E-state index in [4.69, 9.17) is 10.2 Å². The number of carbonyl (C=O) groups is 4. The second-order valence-corrected chi connectivity index (χ2v) is 6.01. The summed E-state index contributed by atoms with van der Waals surface area (Å²) >= 11 is 0. The third-order valence-corrected chi connectivity index (χ3v) is 4.40. The van der Waals surface area contributed by atoms with Crippen molar-refractivity contribution in [2.75, 3.05) is 22.9 Å². The molecule has 0 aromatic heterocycles. The largest absolute Gasteiger partial charge is 0.481 e. The molecule has 3 rings (SSSR count). The molecule has 2 N–H and O–H groups in total. The lowest BCUT2D eigenvalue weighted by Crippen LogP contribution is -2.28. The zero-order valence-electron chi connectivity index (χ0n) is 12.7. The van der Waals surface area contributed by atoms with E-state index in [1.165, 1.54) is 9.80 Å². The summed E-state index contributed by atoms with van der Waals surface area (Å²) in [5.41, 5.74) is 1.01. The quantitative estimate of drug-likeness (QED) is 0.832. The van der Waals surface area contributed by atoms with Crippen LogP contribution in [-0.2, 0) is 19.2 Å². The van der Waals surface area contributed by atoms with Crippen LogP contribution in [0, 0.1) is 11.8 Å². The molecular weight excluding hydrogens is 316 g/mol. The Kier molecular flexibility index (Phi) is 3.96. The summed E-state index contributed by atoms with van der Waals surface area (Å²) in [4.78, 5) is 48.9. The van der Waals surface area contributed by atoms with Gasteiger partial charge in [0.25, 0.3) is 0 Å². The normalized spacial score (nSPS) is 23.8. The van der Waals surface area contributed by atoms with Crippen molar-refractivity contribution in [1.29, 1.82) is 0 Å². The Morgan fingerprint density at radius 2 is 1.29 bits per heavy atom. The van der Waals surface area contributed by atoms with Crippen LogP contribution in [0.3, 0.4) is 0 Å². The lowest BCUT2D eigenvalue weighted by molar-refractivity contribution is -0.142. The Morgan fingerprint density at radius 1 is 0.875 bits per heavy atom. The number of hydrogen-bond donors (Lipinski definition) is 2. The molecule has 2 fully saturated rings. The van der Waals surface area contributed by atoms with Crippen LogP contribution in [0.5, 0.6) is 0 Å². The molecule has 2 atom stereocenters. The maximum Gasteiger partial charge on any atom is 0.308 e. The van der Waals surface area contributed by atoms with Crippen LogP contribution in [0.2, 0.25) is 0 Å². The van der Waals surface area contributed by atoms with Crippen LogP contribution >= 0.6 is 0 Å². The van der Waals surface area contributed by atoms with E-state index in [9.17, 15) is 19.2 Å². The number of carboxylic acids is 2. The Bertz CT molecular complexity index is 674. The molecule has 0 aliphatic carbocycles. The minimum atomic E-state index is -1.01. The molecule has 8 nitrogen and oxygen atoms in total. The summed E-state index contributed by atoms with van der Waals surface area (Å²) in [5.74, 6) is -4.08. The van der Waals surface area contributed by atoms with Crippen LogP contribution in [0.4, 0.5) is 11.4 Å². The van der Waals surface area contributed by atoms with Gasteiger partial charge in [0.05, 0.1) is 11.8 Å². The van der Waals surface area contributed by atoms with Gasteiger partial charge in [-0.3, -0.25) is 19.2 Å². The van der Waals surface area contributed by atoms with E-state index in [-0.39, 0.29) is 37.7 Å². The number of anilines is 2. The number of nitrogens with zero attached hydrogens (tertiary/aromatic N) is 2. The third-order valence-electron chi connectivity index (χ3n) is 4.40. The monoisotopic (exact) mass is 332 g/mol. The Morgan fingerprint density at radius 3 is 1.62 bits per heavy atom. The number of amides is 2. The first-order valence-electron chi connectivity index (χ1n) is 7.53. The van der Waals surface area contributed by atoms with E-state index in [1.807, 2.05) is 0 Å². The molecule has 2 saturated heterocycles. The number of hydrogen-bond acceptors (Lipinski definition) is 4. The van der Waals surface area contributed by atoms with E-state index >= 15 is 0 Å². The predicted octanol–water partition coefficient (Wildman–Crippen LogP) is 0.562. The van der Waals surface area contributed by atoms with Gasteiger partial charge in [-0.1, -0.05) is 6.07 Å². The first kappa shape index (κ1) is 16.0. The van der Waals surface area contributed by atoms with Gasteiger partial charge in [0, 0.05) is 37.3 Å². The summed E-state index contributed by atoms with van der Waals surface area (Å²) < 4.78 is 0. The predicted molar refractivity (Wildman–Crippen MR) is 82.6 cm³/mol. The molecule has 0 radical (unpaired) electrons. The molecule has 2 heterocycles. The van der Waals surface area contributed by atoms with Crippen molar-refractivity contribution in [3.63, 3.8) is 0 Å². The maximum atomic E-state index is 12.0. The van der Waals surface area contributed by atoms with Gasteiger partial charge < -0.3 is 20.0 Å². The van der Waals surface area contributed by atoms with Gasteiger partial charge in [-0.25, -0.2) is 0 Å². The van der Waals surface area contributed by atoms with E-state index in [2.05, 4.69) is 0 Å². The average molecular weight is 332 g/mol.